The summed E-state index contributed by atoms with van der Waals surface area (Å²) in [6.07, 6.45) is -4.43. The molecule has 1 heterocycles. The Balaban J connectivity index is 3.16. The van der Waals surface area contributed by atoms with Crippen molar-refractivity contribution < 1.29 is 27.4 Å². The number of methoxy groups -OCH3 is 1. The van der Waals surface area contributed by atoms with E-state index < -0.39 is 29.6 Å². The topological polar surface area (TPSA) is 66.2 Å². The molecule has 0 amide bonds. The number of hydrogen-bond donors (Lipinski definition) is 0. The maximum absolute atomic E-state index is 13.1. The minimum Gasteiger partial charge on any atom is -0.461 e. The number of hydrogen-bond acceptors (Lipinski definition) is 5. The smallest absolute Gasteiger partial charge is 0.435 e. The van der Waals surface area contributed by atoms with Crippen LogP contribution in [0, 0.1) is 0 Å². The van der Waals surface area contributed by atoms with Crippen LogP contribution in [-0.2, 0) is 15.7 Å². The summed E-state index contributed by atoms with van der Waals surface area (Å²) < 4.78 is 49.3. The van der Waals surface area contributed by atoms with Crippen LogP contribution in [0.2, 0.25) is 0 Å². The van der Waals surface area contributed by atoms with E-state index in [1.807, 2.05) is 0 Å². The predicted molar refractivity (Wildman–Crippen MR) is 62.2 cm³/mol. The number of esters is 1. The molecule has 0 saturated heterocycles. The number of rotatable bonds is 6. The van der Waals surface area contributed by atoms with E-state index in [0.29, 0.717) is 11.1 Å². The van der Waals surface area contributed by atoms with Gasteiger partial charge >= 0.3 is 12.1 Å². The Labute approximate surface area is 113 Å². The number of nitrogens with zero attached hydrogens (tertiary/aromatic N) is 3. The van der Waals surface area contributed by atoms with Crippen LogP contribution in [0.3, 0.4) is 0 Å². The first-order valence-electron chi connectivity index (χ1n) is 6.01. The molecule has 0 saturated carbocycles. The van der Waals surface area contributed by atoms with Crippen LogP contribution in [0.25, 0.3) is 0 Å². The van der Waals surface area contributed by atoms with Crippen molar-refractivity contribution in [1.82, 2.24) is 15.0 Å². The quantitative estimate of drug-likeness (QED) is 0.752. The Morgan fingerprint density at radius 2 is 2.10 bits per heavy atom. The summed E-state index contributed by atoms with van der Waals surface area (Å²) in [5.41, 5.74) is -2.01. The molecule has 6 nitrogen and oxygen atoms in total. The van der Waals surface area contributed by atoms with Crippen molar-refractivity contribution in [1.29, 1.82) is 0 Å². The van der Waals surface area contributed by atoms with Crippen LogP contribution in [0.4, 0.5) is 13.2 Å². The van der Waals surface area contributed by atoms with E-state index in [4.69, 9.17) is 4.74 Å². The third-order valence-electron chi connectivity index (χ3n) is 2.59. The SMILES string of the molecule is CCOC(=O)c1nnn(C(C)CCOC)c1C(F)(F)F. The summed E-state index contributed by atoms with van der Waals surface area (Å²) in [6, 6.07) is -0.609. The average molecular weight is 295 g/mol. The summed E-state index contributed by atoms with van der Waals surface area (Å²) in [7, 11) is 1.45. The van der Waals surface area contributed by atoms with Crippen molar-refractivity contribution in [3.63, 3.8) is 0 Å². The van der Waals surface area contributed by atoms with E-state index in [1.165, 1.54) is 21.0 Å². The fourth-order valence-electron chi connectivity index (χ4n) is 1.61. The van der Waals surface area contributed by atoms with Crippen LogP contribution >= 0.6 is 0 Å². The van der Waals surface area contributed by atoms with Gasteiger partial charge in [-0.2, -0.15) is 13.2 Å². The lowest BCUT2D eigenvalue weighted by molar-refractivity contribution is -0.145. The van der Waals surface area contributed by atoms with Gasteiger partial charge in [0.15, 0.2) is 5.69 Å². The lowest BCUT2D eigenvalue weighted by atomic mass is 10.2. The highest BCUT2D eigenvalue weighted by atomic mass is 19.4. The summed E-state index contributed by atoms with van der Waals surface area (Å²) in [5.74, 6) is -1.13. The molecule has 0 bridgehead atoms. The first-order valence-corrected chi connectivity index (χ1v) is 6.01. The summed E-state index contributed by atoms with van der Waals surface area (Å²) in [5, 5.41) is 6.74. The molecule has 1 aromatic rings. The highest BCUT2D eigenvalue weighted by Crippen LogP contribution is 2.33. The van der Waals surface area contributed by atoms with Crippen molar-refractivity contribution in [2.45, 2.75) is 32.5 Å². The summed E-state index contributed by atoms with van der Waals surface area (Å²) >= 11 is 0. The van der Waals surface area contributed by atoms with E-state index in [-0.39, 0.29) is 13.2 Å². The van der Waals surface area contributed by atoms with Crippen LogP contribution in [0.1, 0.15) is 42.5 Å². The molecule has 114 valence electrons. The third-order valence-corrected chi connectivity index (χ3v) is 2.59. The van der Waals surface area contributed by atoms with Gasteiger partial charge in [0.2, 0.25) is 5.69 Å². The van der Waals surface area contributed by atoms with Gasteiger partial charge in [-0.05, 0) is 20.3 Å². The van der Waals surface area contributed by atoms with Gasteiger partial charge in [-0.25, -0.2) is 9.48 Å². The molecule has 0 aliphatic rings. The highest BCUT2D eigenvalue weighted by Gasteiger charge is 2.42. The average Bonchev–Trinajstić information content (AvgIpc) is 2.80. The molecule has 0 radical (unpaired) electrons. The molecule has 0 aliphatic carbocycles. The molecule has 1 unspecified atom stereocenters. The van der Waals surface area contributed by atoms with Crippen LogP contribution in [0.15, 0.2) is 0 Å². The molecule has 0 fully saturated rings. The van der Waals surface area contributed by atoms with Gasteiger partial charge < -0.3 is 9.47 Å². The fraction of sp³-hybridized carbons (Fsp3) is 0.727. The molecular weight excluding hydrogens is 279 g/mol. The Bertz CT molecular complexity index is 460. The number of alkyl halides is 3. The van der Waals surface area contributed by atoms with E-state index >= 15 is 0 Å². The van der Waals surface area contributed by atoms with Gasteiger partial charge in [0.25, 0.3) is 0 Å². The number of ether oxygens (including phenoxy) is 2. The van der Waals surface area contributed by atoms with Crippen molar-refractivity contribution in [2.24, 2.45) is 0 Å². The fourth-order valence-corrected chi connectivity index (χ4v) is 1.61. The molecule has 20 heavy (non-hydrogen) atoms. The highest BCUT2D eigenvalue weighted by molar-refractivity contribution is 5.88. The zero-order valence-corrected chi connectivity index (χ0v) is 11.4. The van der Waals surface area contributed by atoms with Crippen molar-refractivity contribution >= 4 is 5.97 Å². The molecule has 0 N–H and O–H groups in total. The largest absolute Gasteiger partial charge is 0.461 e. The molecule has 1 atom stereocenters. The lowest BCUT2D eigenvalue weighted by Crippen LogP contribution is -2.22. The maximum Gasteiger partial charge on any atom is 0.435 e. The summed E-state index contributed by atoms with van der Waals surface area (Å²) in [4.78, 5) is 11.5. The number of carbonyl (C=O) groups excluding carboxylic acids is 1. The Morgan fingerprint density at radius 3 is 2.60 bits per heavy atom. The normalized spacial score (nSPS) is 13.3. The number of carbonyl (C=O) groups is 1. The standard InChI is InChI=1S/C11H16F3N3O3/c1-4-20-10(18)8-9(11(12,13)14)17(16-15-8)7(2)5-6-19-3/h7H,4-6H2,1-3H3. The van der Waals surface area contributed by atoms with Crippen molar-refractivity contribution in [3.8, 4) is 0 Å². The van der Waals surface area contributed by atoms with Gasteiger partial charge in [-0.1, -0.05) is 5.21 Å². The van der Waals surface area contributed by atoms with E-state index in [2.05, 4.69) is 15.0 Å². The van der Waals surface area contributed by atoms with Crippen LogP contribution < -0.4 is 0 Å². The molecule has 0 aliphatic heterocycles. The zero-order valence-electron chi connectivity index (χ0n) is 11.4. The Hall–Kier alpha value is -1.64. The molecule has 1 aromatic heterocycles. The zero-order chi connectivity index (χ0) is 15.3. The predicted octanol–water partition coefficient (Wildman–Crippen LogP) is 2.07. The van der Waals surface area contributed by atoms with Crippen molar-refractivity contribution in [2.75, 3.05) is 20.3 Å². The lowest BCUT2D eigenvalue weighted by Gasteiger charge is -2.16. The molecule has 0 aromatic carbocycles. The number of halogens is 3. The van der Waals surface area contributed by atoms with Gasteiger partial charge in [-0.3, -0.25) is 0 Å². The first-order chi connectivity index (χ1) is 9.32. The van der Waals surface area contributed by atoms with Gasteiger partial charge in [-0.15, -0.1) is 5.10 Å². The molecule has 0 spiro atoms. The minimum atomic E-state index is -4.74. The molecule has 1 rings (SSSR count). The first kappa shape index (κ1) is 16.4. The minimum absolute atomic E-state index is 0.0395. The second kappa shape index (κ2) is 6.69. The van der Waals surface area contributed by atoms with Crippen LogP contribution in [0.5, 0.6) is 0 Å². The van der Waals surface area contributed by atoms with E-state index in [1.54, 1.807) is 0 Å². The van der Waals surface area contributed by atoms with Crippen LogP contribution in [-0.4, -0.2) is 41.3 Å². The monoisotopic (exact) mass is 295 g/mol. The third kappa shape index (κ3) is 3.69. The maximum atomic E-state index is 13.1. The second-order valence-electron chi connectivity index (χ2n) is 4.08. The Morgan fingerprint density at radius 1 is 1.45 bits per heavy atom. The second-order valence-corrected chi connectivity index (χ2v) is 4.08. The van der Waals surface area contributed by atoms with Gasteiger partial charge in [0.1, 0.15) is 0 Å². The Kier molecular flexibility index (Phi) is 5.49. The van der Waals surface area contributed by atoms with Gasteiger partial charge in [0, 0.05) is 13.7 Å². The number of aromatic nitrogens is 3. The molecule has 9 heteroatoms. The van der Waals surface area contributed by atoms with E-state index in [9.17, 15) is 18.0 Å². The molecular formula is C11H16F3N3O3. The van der Waals surface area contributed by atoms with Gasteiger partial charge in [0.05, 0.1) is 12.6 Å². The van der Waals surface area contributed by atoms with Crippen molar-refractivity contribution in [3.05, 3.63) is 11.4 Å². The summed E-state index contributed by atoms with van der Waals surface area (Å²) in [6.45, 7) is 3.27. The van der Waals surface area contributed by atoms with E-state index in [0.717, 1.165) is 0 Å².